The first-order valence-electron chi connectivity index (χ1n) is 6.63. The summed E-state index contributed by atoms with van der Waals surface area (Å²) in [5.74, 6) is -1.77. The van der Waals surface area contributed by atoms with Gasteiger partial charge in [-0.1, -0.05) is 32.3 Å². The average molecular weight is 252 g/mol. The lowest BCUT2D eigenvalue weighted by Crippen LogP contribution is -2.28. The van der Waals surface area contributed by atoms with E-state index in [4.69, 9.17) is 0 Å². The van der Waals surface area contributed by atoms with Crippen LogP contribution < -0.4 is 0 Å². The molecule has 1 aromatic carbocycles. The van der Waals surface area contributed by atoms with Crippen LogP contribution in [-0.2, 0) is 0 Å². The number of ketones is 1. The van der Waals surface area contributed by atoms with Crippen molar-refractivity contribution in [3.63, 3.8) is 0 Å². The van der Waals surface area contributed by atoms with Crippen molar-refractivity contribution in [3.8, 4) is 0 Å². The summed E-state index contributed by atoms with van der Waals surface area (Å²) in [5, 5.41) is 0. The molecule has 2 atom stereocenters. The summed E-state index contributed by atoms with van der Waals surface area (Å²) in [6.07, 6.45) is 4.73. The fourth-order valence-corrected chi connectivity index (χ4v) is 2.96. The quantitative estimate of drug-likeness (QED) is 0.730. The Morgan fingerprint density at radius 1 is 1.22 bits per heavy atom. The molecule has 0 N–H and O–H groups in total. The topological polar surface area (TPSA) is 17.1 Å². The number of Topliss-reactive ketones (excluding diaryl/α,β-unsaturated/α-hetero) is 1. The van der Waals surface area contributed by atoms with Crippen LogP contribution >= 0.6 is 0 Å². The molecule has 0 aliphatic heterocycles. The second kappa shape index (κ2) is 5.59. The Labute approximate surface area is 106 Å². The molecule has 2 unspecified atom stereocenters. The minimum absolute atomic E-state index is 0.213. The van der Waals surface area contributed by atoms with Gasteiger partial charge >= 0.3 is 0 Å². The lowest BCUT2D eigenvalue weighted by atomic mass is 9.74. The molecule has 0 radical (unpaired) electrons. The van der Waals surface area contributed by atoms with Crippen LogP contribution in [0, 0.1) is 23.5 Å². The van der Waals surface area contributed by atoms with E-state index in [1.54, 1.807) is 0 Å². The molecule has 0 bridgehead atoms. The molecule has 0 amide bonds. The van der Waals surface area contributed by atoms with Crippen molar-refractivity contribution in [2.45, 2.75) is 39.0 Å². The largest absolute Gasteiger partial charge is 0.294 e. The first-order valence-corrected chi connectivity index (χ1v) is 6.63. The van der Waals surface area contributed by atoms with E-state index in [-0.39, 0.29) is 23.2 Å². The first kappa shape index (κ1) is 13.2. The van der Waals surface area contributed by atoms with Crippen LogP contribution in [0.3, 0.4) is 0 Å². The van der Waals surface area contributed by atoms with E-state index >= 15 is 0 Å². The van der Waals surface area contributed by atoms with Crippen molar-refractivity contribution in [1.29, 1.82) is 0 Å². The Morgan fingerprint density at radius 2 is 1.83 bits per heavy atom. The van der Waals surface area contributed by atoms with Gasteiger partial charge in [0.1, 0.15) is 11.6 Å². The highest BCUT2D eigenvalue weighted by Gasteiger charge is 2.32. The smallest absolute Gasteiger partial charge is 0.172 e. The van der Waals surface area contributed by atoms with Gasteiger partial charge in [-0.2, -0.15) is 0 Å². The fourth-order valence-electron chi connectivity index (χ4n) is 2.96. The van der Waals surface area contributed by atoms with Crippen molar-refractivity contribution in [1.82, 2.24) is 0 Å². The van der Waals surface area contributed by atoms with Crippen LogP contribution in [0.15, 0.2) is 18.2 Å². The SMILES string of the molecule is CCC1CCCCC1C(=O)c1c(F)cccc1F. The Morgan fingerprint density at radius 3 is 2.44 bits per heavy atom. The summed E-state index contributed by atoms with van der Waals surface area (Å²) in [4.78, 5) is 12.3. The third-order valence-electron chi connectivity index (χ3n) is 3.98. The summed E-state index contributed by atoms with van der Waals surface area (Å²) in [7, 11) is 0. The van der Waals surface area contributed by atoms with Crippen molar-refractivity contribution in [2.75, 3.05) is 0 Å². The van der Waals surface area contributed by atoms with Crippen LogP contribution in [0.2, 0.25) is 0 Å². The van der Waals surface area contributed by atoms with E-state index in [0.717, 1.165) is 44.2 Å². The molecule has 2 rings (SSSR count). The van der Waals surface area contributed by atoms with Crippen LogP contribution in [0.5, 0.6) is 0 Å². The fraction of sp³-hybridized carbons (Fsp3) is 0.533. The maximum absolute atomic E-state index is 13.6. The van der Waals surface area contributed by atoms with Gasteiger partial charge in [0, 0.05) is 5.92 Å². The highest BCUT2D eigenvalue weighted by atomic mass is 19.1. The third kappa shape index (κ3) is 2.45. The van der Waals surface area contributed by atoms with Gasteiger partial charge in [0.05, 0.1) is 5.56 Å². The van der Waals surface area contributed by atoms with Gasteiger partial charge in [-0.25, -0.2) is 8.78 Å². The number of halogens is 2. The summed E-state index contributed by atoms with van der Waals surface area (Å²) in [6.45, 7) is 2.04. The highest BCUT2D eigenvalue weighted by Crippen LogP contribution is 2.35. The second-order valence-corrected chi connectivity index (χ2v) is 5.02. The van der Waals surface area contributed by atoms with Gasteiger partial charge in [0.15, 0.2) is 5.78 Å². The molecule has 1 aliphatic carbocycles. The minimum Gasteiger partial charge on any atom is -0.294 e. The zero-order valence-electron chi connectivity index (χ0n) is 10.6. The van der Waals surface area contributed by atoms with Gasteiger partial charge in [0.25, 0.3) is 0 Å². The lowest BCUT2D eigenvalue weighted by Gasteiger charge is -2.29. The maximum atomic E-state index is 13.6. The molecule has 1 saturated carbocycles. The lowest BCUT2D eigenvalue weighted by molar-refractivity contribution is 0.0811. The zero-order valence-corrected chi connectivity index (χ0v) is 10.6. The van der Waals surface area contributed by atoms with E-state index in [0.29, 0.717) is 0 Å². The number of benzene rings is 1. The van der Waals surface area contributed by atoms with Gasteiger partial charge < -0.3 is 0 Å². The monoisotopic (exact) mass is 252 g/mol. The van der Waals surface area contributed by atoms with Crippen LogP contribution in [0.25, 0.3) is 0 Å². The predicted molar refractivity (Wildman–Crippen MR) is 66.4 cm³/mol. The van der Waals surface area contributed by atoms with Gasteiger partial charge in [0.2, 0.25) is 0 Å². The molecule has 0 saturated heterocycles. The Kier molecular flexibility index (Phi) is 4.10. The highest BCUT2D eigenvalue weighted by molar-refractivity contribution is 5.98. The predicted octanol–water partition coefficient (Wildman–Crippen LogP) is 4.36. The van der Waals surface area contributed by atoms with Crippen LogP contribution in [0.4, 0.5) is 8.78 Å². The second-order valence-electron chi connectivity index (χ2n) is 5.02. The van der Waals surface area contributed by atoms with E-state index in [1.165, 1.54) is 6.07 Å². The number of hydrogen-bond acceptors (Lipinski definition) is 1. The molecule has 1 aliphatic rings. The van der Waals surface area contributed by atoms with Crippen molar-refractivity contribution in [2.24, 2.45) is 11.8 Å². The molecule has 0 aromatic heterocycles. The van der Waals surface area contributed by atoms with E-state index in [2.05, 4.69) is 0 Å². The Hall–Kier alpha value is -1.25. The van der Waals surface area contributed by atoms with Gasteiger partial charge in [-0.3, -0.25) is 4.79 Å². The molecule has 98 valence electrons. The molecule has 0 spiro atoms. The summed E-state index contributed by atoms with van der Waals surface area (Å²) < 4.78 is 27.3. The minimum atomic E-state index is -0.736. The average Bonchev–Trinajstić information content (AvgIpc) is 2.38. The standard InChI is InChI=1S/C15H18F2O/c1-2-10-6-3-4-7-11(10)15(18)14-12(16)8-5-9-13(14)17/h5,8-11H,2-4,6-7H2,1H3. The van der Waals surface area contributed by atoms with Gasteiger partial charge in [-0.15, -0.1) is 0 Å². The van der Waals surface area contributed by atoms with E-state index in [1.807, 2.05) is 6.92 Å². The molecule has 1 nitrogen and oxygen atoms in total. The third-order valence-corrected chi connectivity index (χ3v) is 3.98. The first-order chi connectivity index (χ1) is 8.65. The number of carbonyl (C=O) groups excluding carboxylic acids is 1. The molecule has 1 fully saturated rings. The van der Waals surface area contributed by atoms with Crippen molar-refractivity contribution in [3.05, 3.63) is 35.4 Å². The molecule has 3 heteroatoms. The molecule has 1 aromatic rings. The van der Waals surface area contributed by atoms with Crippen LogP contribution in [-0.4, -0.2) is 5.78 Å². The Balaban J connectivity index is 2.30. The van der Waals surface area contributed by atoms with E-state index in [9.17, 15) is 13.6 Å². The summed E-state index contributed by atoms with van der Waals surface area (Å²) >= 11 is 0. The molecule has 18 heavy (non-hydrogen) atoms. The molecular weight excluding hydrogens is 234 g/mol. The molecular formula is C15H18F2O. The number of carbonyl (C=O) groups is 1. The summed E-state index contributed by atoms with van der Waals surface area (Å²) in [6, 6.07) is 3.60. The maximum Gasteiger partial charge on any atom is 0.172 e. The molecule has 0 heterocycles. The van der Waals surface area contributed by atoms with Crippen molar-refractivity contribution < 1.29 is 13.6 Å². The van der Waals surface area contributed by atoms with E-state index < -0.39 is 11.6 Å². The van der Waals surface area contributed by atoms with Crippen LogP contribution in [0.1, 0.15) is 49.4 Å². The zero-order chi connectivity index (χ0) is 13.1. The Bertz CT molecular complexity index is 422. The number of rotatable bonds is 3. The van der Waals surface area contributed by atoms with Crippen molar-refractivity contribution >= 4 is 5.78 Å². The summed E-state index contributed by atoms with van der Waals surface area (Å²) in [5.41, 5.74) is -0.345. The normalized spacial score (nSPS) is 23.9. The van der Waals surface area contributed by atoms with Gasteiger partial charge in [-0.05, 0) is 30.9 Å². The number of hydrogen-bond donors (Lipinski definition) is 0.